The van der Waals surface area contributed by atoms with Crippen molar-refractivity contribution in [3.05, 3.63) is 66.5 Å². The van der Waals surface area contributed by atoms with Crippen molar-refractivity contribution in [3.8, 4) is 17.0 Å². The number of aromatic nitrogens is 2. The third-order valence-corrected chi connectivity index (χ3v) is 8.63. The Morgan fingerprint density at radius 2 is 1.61 bits per heavy atom. The fourth-order valence-corrected chi connectivity index (χ4v) is 6.00. The first kappa shape index (κ1) is 26.1. The van der Waals surface area contributed by atoms with E-state index in [0.29, 0.717) is 64.7 Å². The molecular weight excluding hydrogens is 506 g/mol. The van der Waals surface area contributed by atoms with E-state index in [1.165, 1.54) is 16.4 Å². The van der Waals surface area contributed by atoms with Gasteiger partial charge in [-0.05, 0) is 55.5 Å². The molecule has 3 aromatic rings. The highest BCUT2D eigenvalue weighted by Gasteiger charge is 2.27. The predicted octanol–water partition coefficient (Wildman–Crippen LogP) is 2.53. The molecule has 1 amide bonds. The number of morpholine rings is 1. The van der Waals surface area contributed by atoms with Crippen molar-refractivity contribution in [1.82, 2.24) is 19.2 Å². The Morgan fingerprint density at radius 3 is 2.26 bits per heavy atom. The number of hydrogen-bond donors (Lipinski definition) is 0. The molecule has 2 aliphatic rings. The average Bonchev–Trinajstić information content (AvgIpc) is 2.98. The summed E-state index contributed by atoms with van der Waals surface area (Å²) in [6.07, 6.45) is 1.56. The van der Waals surface area contributed by atoms with Gasteiger partial charge >= 0.3 is 0 Å². The minimum Gasteiger partial charge on any atom is -0.494 e. The number of ether oxygens (including phenoxy) is 2. The first-order valence-corrected chi connectivity index (χ1v) is 14.2. The van der Waals surface area contributed by atoms with Gasteiger partial charge in [0.15, 0.2) is 0 Å². The zero-order valence-electron chi connectivity index (χ0n) is 21.3. The van der Waals surface area contributed by atoms with Gasteiger partial charge in [0, 0.05) is 56.5 Å². The maximum atomic E-state index is 13.1. The highest BCUT2D eigenvalue weighted by Crippen LogP contribution is 2.24. The summed E-state index contributed by atoms with van der Waals surface area (Å²) >= 11 is 0. The molecule has 200 valence electrons. The van der Waals surface area contributed by atoms with Crippen LogP contribution in [0.4, 0.5) is 5.82 Å². The van der Waals surface area contributed by atoms with E-state index in [1.807, 2.05) is 37.3 Å². The van der Waals surface area contributed by atoms with E-state index < -0.39 is 10.0 Å². The lowest BCUT2D eigenvalue weighted by molar-refractivity contribution is 0.0730. The van der Waals surface area contributed by atoms with Gasteiger partial charge in [-0.1, -0.05) is 0 Å². The number of sulfonamides is 1. The molecular formula is C27H31N5O5S. The van der Waals surface area contributed by atoms with Crippen molar-refractivity contribution < 1.29 is 22.7 Å². The maximum absolute atomic E-state index is 13.1. The third-order valence-electron chi connectivity index (χ3n) is 6.71. The lowest BCUT2D eigenvalue weighted by Crippen LogP contribution is -2.49. The van der Waals surface area contributed by atoms with E-state index in [-0.39, 0.29) is 10.8 Å². The summed E-state index contributed by atoms with van der Waals surface area (Å²) in [4.78, 5) is 26.1. The van der Waals surface area contributed by atoms with E-state index in [2.05, 4.69) is 14.9 Å². The quantitative estimate of drug-likeness (QED) is 0.453. The fourth-order valence-electron chi connectivity index (χ4n) is 4.59. The average molecular weight is 538 g/mol. The van der Waals surface area contributed by atoms with Gasteiger partial charge in [0.2, 0.25) is 10.0 Å². The molecule has 0 spiro atoms. The topological polar surface area (TPSA) is 105 Å². The van der Waals surface area contributed by atoms with Gasteiger partial charge in [0.1, 0.15) is 17.9 Å². The second-order valence-corrected chi connectivity index (χ2v) is 11.0. The molecule has 2 aromatic carbocycles. The maximum Gasteiger partial charge on any atom is 0.253 e. The van der Waals surface area contributed by atoms with Crippen LogP contribution in [-0.2, 0) is 14.8 Å². The van der Waals surface area contributed by atoms with Crippen LogP contribution in [0.1, 0.15) is 17.3 Å². The van der Waals surface area contributed by atoms with Gasteiger partial charge in [0.05, 0.1) is 30.4 Å². The third kappa shape index (κ3) is 5.64. The van der Waals surface area contributed by atoms with Gasteiger partial charge in [-0.2, -0.15) is 4.31 Å². The number of carbonyl (C=O) groups excluding carboxylic acids is 1. The molecule has 0 aliphatic carbocycles. The first-order chi connectivity index (χ1) is 18.5. The molecule has 0 N–H and O–H groups in total. The van der Waals surface area contributed by atoms with Gasteiger partial charge < -0.3 is 19.3 Å². The molecule has 11 heteroatoms. The molecule has 0 bridgehead atoms. The van der Waals surface area contributed by atoms with Crippen molar-refractivity contribution in [1.29, 1.82) is 0 Å². The molecule has 2 saturated heterocycles. The minimum atomic E-state index is -3.59. The number of hydrogen-bond acceptors (Lipinski definition) is 8. The van der Waals surface area contributed by atoms with Crippen LogP contribution in [0, 0.1) is 0 Å². The highest BCUT2D eigenvalue weighted by atomic mass is 32.2. The number of carbonyl (C=O) groups is 1. The summed E-state index contributed by atoms with van der Waals surface area (Å²) in [6.45, 7) is 6.36. The van der Waals surface area contributed by atoms with Gasteiger partial charge in [0.25, 0.3) is 5.91 Å². The largest absolute Gasteiger partial charge is 0.494 e. The zero-order chi connectivity index (χ0) is 26.5. The Kier molecular flexibility index (Phi) is 7.87. The van der Waals surface area contributed by atoms with Crippen molar-refractivity contribution in [2.75, 3.05) is 64.0 Å². The number of rotatable bonds is 7. The summed E-state index contributed by atoms with van der Waals surface area (Å²) in [7, 11) is -3.59. The van der Waals surface area contributed by atoms with E-state index in [1.54, 1.807) is 23.4 Å². The standard InChI is InChI=1S/C27H31N5O5S/c1-2-37-23-7-3-21(4-8-23)25-19-26(29-20-28-25)30-11-13-31(14-12-30)27(33)22-5-9-24(10-6-22)38(34,35)32-15-17-36-18-16-32/h3-10,19-20H,2,11-18H2,1H3. The number of amides is 1. The molecule has 3 heterocycles. The predicted molar refractivity (Wildman–Crippen MR) is 143 cm³/mol. The summed E-state index contributed by atoms with van der Waals surface area (Å²) in [5.74, 6) is 1.52. The Bertz CT molecular complexity index is 1350. The minimum absolute atomic E-state index is 0.113. The van der Waals surface area contributed by atoms with Gasteiger partial charge in [-0.3, -0.25) is 4.79 Å². The number of anilines is 1. The monoisotopic (exact) mass is 537 g/mol. The van der Waals surface area contributed by atoms with Crippen molar-refractivity contribution in [3.63, 3.8) is 0 Å². The van der Waals surface area contributed by atoms with Crippen LogP contribution in [0.5, 0.6) is 5.75 Å². The summed E-state index contributed by atoms with van der Waals surface area (Å²) < 4.78 is 37.9. The van der Waals surface area contributed by atoms with Crippen LogP contribution in [0.15, 0.2) is 65.8 Å². The molecule has 38 heavy (non-hydrogen) atoms. The fraction of sp³-hybridized carbons (Fsp3) is 0.370. The van der Waals surface area contributed by atoms with E-state index >= 15 is 0 Å². The van der Waals surface area contributed by atoms with Crippen LogP contribution in [0.25, 0.3) is 11.3 Å². The molecule has 0 atom stereocenters. The lowest BCUT2D eigenvalue weighted by Gasteiger charge is -2.35. The molecule has 0 saturated carbocycles. The number of benzene rings is 2. The highest BCUT2D eigenvalue weighted by molar-refractivity contribution is 7.89. The SMILES string of the molecule is CCOc1ccc(-c2cc(N3CCN(C(=O)c4ccc(S(=O)(=O)N5CCOCC5)cc4)CC3)ncn2)cc1. The summed E-state index contributed by atoms with van der Waals surface area (Å²) in [5, 5.41) is 0. The molecule has 0 radical (unpaired) electrons. The Balaban J connectivity index is 1.20. The van der Waals surface area contributed by atoms with Gasteiger partial charge in [-0.25, -0.2) is 18.4 Å². The van der Waals surface area contributed by atoms with Crippen molar-refractivity contribution >= 4 is 21.7 Å². The molecule has 2 fully saturated rings. The van der Waals surface area contributed by atoms with Crippen molar-refractivity contribution in [2.24, 2.45) is 0 Å². The second kappa shape index (κ2) is 11.5. The van der Waals surface area contributed by atoms with Gasteiger partial charge in [-0.15, -0.1) is 0 Å². The first-order valence-electron chi connectivity index (χ1n) is 12.7. The van der Waals surface area contributed by atoms with Crippen molar-refractivity contribution in [2.45, 2.75) is 11.8 Å². The lowest BCUT2D eigenvalue weighted by atomic mass is 10.1. The molecule has 0 unspecified atom stereocenters. The summed E-state index contributed by atoms with van der Waals surface area (Å²) in [5.41, 5.74) is 2.27. The van der Waals surface area contributed by atoms with E-state index in [0.717, 1.165) is 22.8 Å². The van der Waals surface area contributed by atoms with Crippen LogP contribution >= 0.6 is 0 Å². The molecule has 1 aromatic heterocycles. The Hall–Kier alpha value is -3.54. The smallest absolute Gasteiger partial charge is 0.253 e. The van der Waals surface area contributed by atoms with E-state index in [4.69, 9.17) is 9.47 Å². The Labute approximate surface area is 222 Å². The molecule has 5 rings (SSSR count). The zero-order valence-corrected chi connectivity index (χ0v) is 22.1. The van der Waals surface area contributed by atoms with Crippen LogP contribution in [-0.4, -0.2) is 92.6 Å². The van der Waals surface area contributed by atoms with Crippen LogP contribution in [0.2, 0.25) is 0 Å². The molecule has 10 nitrogen and oxygen atoms in total. The summed E-state index contributed by atoms with van der Waals surface area (Å²) in [6, 6.07) is 16.0. The van der Waals surface area contributed by atoms with Crippen LogP contribution < -0.4 is 9.64 Å². The van der Waals surface area contributed by atoms with E-state index in [9.17, 15) is 13.2 Å². The normalized spacial score (nSPS) is 16.9. The molecule has 2 aliphatic heterocycles. The van der Waals surface area contributed by atoms with Crippen LogP contribution in [0.3, 0.4) is 0 Å². The number of nitrogens with zero attached hydrogens (tertiary/aromatic N) is 5. The second-order valence-electron chi connectivity index (χ2n) is 9.04. The Morgan fingerprint density at radius 1 is 0.921 bits per heavy atom. The number of piperazine rings is 1.